The molecular weight excluding hydrogens is 336 g/mol. The number of sulfonamides is 1. The first-order valence-electron chi connectivity index (χ1n) is 8.26. The second-order valence-electron chi connectivity index (χ2n) is 6.46. The number of carbonyl (C=O) groups excluding carboxylic acids is 1. The Bertz CT molecular complexity index is 881. The van der Waals surface area contributed by atoms with E-state index in [9.17, 15) is 13.2 Å². The number of carbonyl (C=O) groups is 1. The van der Waals surface area contributed by atoms with Crippen molar-refractivity contribution in [2.45, 2.75) is 32.4 Å². The summed E-state index contributed by atoms with van der Waals surface area (Å²) in [5.41, 5.74) is 2.47. The molecule has 1 amide bonds. The molecular formula is C19H22N2O3S. The molecule has 0 spiro atoms. The third-order valence-electron chi connectivity index (χ3n) is 4.52. The Morgan fingerprint density at radius 1 is 1.12 bits per heavy atom. The van der Waals surface area contributed by atoms with Crippen LogP contribution in [0.3, 0.4) is 0 Å². The zero-order valence-electron chi connectivity index (χ0n) is 14.6. The van der Waals surface area contributed by atoms with E-state index in [1.54, 1.807) is 36.1 Å². The Morgan fingerprint density at radius 3 is 2.36 bits per heavy atom. The van der Waals surface area contributed by atoms with Gasteiger partial charge in [-0.1, -0.05) is 36.4 Å². The lowest BCUT2D eigenvalue weighted by molar-refractivity contribution is -0.119. The second-order valence-corrected chi connectivity index (χ2v) is 8.32. The fraction of sp³-hybridized carbons (Fsp3) is 0.316. The maximum absolute atomic E-state index is 13.2. The van der Waals surface area contributed by atoms with Crippen LogP contribution in [-0.2, 0) is 21.2 Å². The molecule has 0 radical (unpaired) electrons. The molecule has 2 aromatic carbocycles. The van der Waals surface area contributed by atoms with Gasteiger partial charge in [0.15, 0.2) is 0 Å². The number of hydrogen-bond donors (Lipinski definition) is 0. The van der Waals surface area contributed by atoms with E-state index >= 15 is 0 Å². The van der Waals surface area contributed by atoms with E-state index in [-0.39, 0.29) is 11.9 Å². The van der Waals surface area contributed by atoms with Crippen LogP contribution in [0.15, 0.2) is 54.6 Å². The number of para-hydroxylation sites is 2. The van der Waals surface area contributed by atoms with Crippen LogP contribution >= 0.6 is 0 Å². The zero-order valence-corrected chi connectivity index (χ0v) is 15.4. The molecule has 0 saturated carbocycles. The number of fused-ring (bicyclic) bond motifs is 1. The molecule has 3 rings (SSSR count). The van der Waals surface area contributed by atoms with Crippen LogP contribution in [0.5, 0.6) is 0 Å². The monoisotopic (exact) mass is 358 g/mol. The minimum Gasteiger partial charge on any atom is -0.307 e. The van der Waals surface area contributed by atoms with Gasteiger partial charge in [0.2, 0.25) is 10.0 Å². The average molecular weight is 358 g/mol. The minimum atomic E-state index is -3.60. The Hall–Kier alpha value is -2.34. The third-order valence-corrected chi connectivity index (χ3v) is 5.76. The van der Waals surface area contributed by atoms with Crippen molar-refractivity contribution >= 4 is 27.3 Å². The quantitative estimate of drug-likeness (QED) is 0.844. The number of nitrogens with zero attached hydrogens (tertiary/aromatic N) is 2. The first kappa shape index (κ1) is 17.5. The smallest absolute Gasteiger partial charge is 0.250 e. The van der Waals surface area contributed by atoms with E-state index in [4.69, 9.17) is 0 Å². The topological polar surface area (TPSA) is 57.7 Å². The largest absolute Gasteiger partial charge is 0.307 e. The van der Waals surface area contributed by atoms with Crippen molar-refractivity contribution in [3.63, 3.8) is 0 Å². The summed E-state index contributed by atoms with van der Waals surface area (Å²) in [6, 6.07) is 15.7. The lowest BCUT2D eigenvalue weighted by Crippen LogP contribution is -2.51. The normalized spacial score (nSPS) is 17.9. The van der Waals surface area contributed by atoms with E-state index in [0.717, 1.165) is 23.9 Å². The van der Waals surface area contributed by atoms with E-state index in [1.807, 2.05) is 37.3 Å². The van der Waals surface area contributed by atoms with Crippen molar-refractivity contribution in [2.75, 3.05) is 15.5 Å². The molecule has 0 unspecified atom stereocenters. The Balaban J connectivity index is 1.98. The molecule has 2 atom stereocenters. The van der Waals surface area contributed by atoms with Gasteiger partial charge in [-0.15, -0.1) is 0 Å². The van der Waals surface area contributed by atoms with Crippen molar-refractivity contribution in [3.8, 4) is 0 Å². The molecule has 0 aliphatic carbocycles. The molecule has 0 saturated heterocycles. The van der Waals surface area contributed by atoms with Crippen molar-refractivity contribution < 1.29 is 13.2 Å². The highest BCUT2D eigenvalue weighted by Gasteiger charge is 2.37. The lowest BCUT2D eigenvalue weighted by atomic mass is 10.1. The molecule has 2 aromatic rings. The summed E-state index contributed by atoms with van der Waals surface area (Å²) in [5, 5.41) is 0. The molecule has 1 aliphatic rings. The van der Waals surface area contributed by atoms with Crippen molar-refractivity contribution in [1.82, 2.24) is 0 Å². The van der Waals surface area contributed by atoms with E-state index < -0.39 is 16.1 Å². The van der Waals surface area contributed by atoms with E-state index in [1.165, 1.54) is 4.31 Å². The molecule has 0 bridgehead atoms. The standard InChI is InChI=1S/C19H22N2O3S/c1-14-13-16-9-7-8-12-18(16)20(14)19(22)15(2)21(25(3,23)24)17-10-5-4-6-11-17/h4-12,14-15H,13H2,1-3H3/t14-,15-/m1/s1. The molecule has 0 fully saturated rings. The summed E-state index contributed by atoms with van der Waals surface area (Å²) in [6.07, 6.45) is 1.91. The maximum atomic E-state index is 13.2. The first-order valence-corrected chi connectivity index (χ1v) is 10.1. The van der Waals surface area contributed by atoms with Gasteiger partial charge in [-0.2, -0.15) is 0 Å². The summed E-state index contributed by atoms with van der Waals surface area (Å²) < 4.78 is 25.9. The number of hydrogen-bond acceptors (Lipinski definition) is 3. The summed E-state index contributed by atoms with van der Waals surface area (Å²) in [7, 11) is -3.60. The number of amides is 1. The molecule has 1 aliphatic heterocycles. The highest BCUT2D eigenvalue weighted by atomic mass is 32.2. The summed E-state index contributed by atoms with van der Waals surface area (Å²) in [5.74, 6) is -0.216. The molecule has 0 aromatic heterocycles. The predicted molar refractivity (Wildman–Crippen MR) is 100 cm³/mol. The fourth-order valence-corrected chi connectivity index (χ4v) is 4.65. The van der Waals surface area contributed by atoms with Crippen LogP contribution in [0.4, 0.5) is 11.4 Å². The van der Waals surface area contributed by atoms with Crippen molar-refractivity contribution in [3.05, 3.63) is 60.2 Å². The zero-order chi connectivity index (χ0) is 18.2. The Morgan fingerprint density at radius 2 is 1.72 bits per heavy atom. The number of rotatable bonds is 4. The Labute approximate surface area is 148 Å². The second kappa shape index (κ2) is 6.52. The van der Waals surface area contributed by atoms with Crippen LogP contribution in [0, 0.1) is 0 Å². The van der Waals surface area contributed by atoms with Crippen LogP contribution in [0.1, 0.15) is 19.4 Å². The molecule has 1 heterocycles. The summed E-state index contributed by atoms with van der Waals surface area (Å²) in [6.45, 7) is 3.63. The van der Waals surface area contributed by atoms with Crippen LogP contribution in [-0.4, -0.2) is 32.7 Å². The van der Waals surface area contributed by atoms with Gasteiger partial charge in [0.1, 0.15) is 6.04 Å². The van der Waals surface area contributed by atoms with Gasteiger partial charge in [-0.05, 0) is 44.0 Å². The third kappa shape index (κ3) is 3.26. The molecule has 5 nitrogen and oxygen atoms in total. The van der Waals surface area contributed by atoms with Gasteiger partial charge >= 0.3 is 0 Å². The highest BCUT2D eigenvalue weighted by molar-refractivity contribution is 7.92. The van der Waals surface area contributed by atoms with Gasteiger partial charge < -0.3 is 4.90 Å². The van der Waals surface area contributed by atoms with Gasteiger partial charge in [0.05, 0.1) is 11.9 Å². The number of anilines is 2. The van der Waals surface area contributed by atoms with E-state index in [0.29, 0.717) is 5.69 Å². The molecule has 132 valence electrons. The SMILES string of the molecule is C[C@@H]1Cc2ccccc2N1C(=O)[C@@H](C)N(c1ccccc1)S(C)(=O)=O. The van der Waals surface area contributed by atoms with Gasteiger partial charge in [-0.25, -0.2) is 8.42 Å². The van der Waals surface area contributed by atoms with Crippen molar-refractivity contribution in [2.24, 2.45) is 0 Å². The number of benzene rings is 2. The fourth-order valence-electron chi connectivity index (χ4n) is 3.48. The van der Waals surface area contributed by atoms with E-state index in [2.05, 4.69) is 0 Å². The lowest BCUT2D eigenvalue weighted by Gasteiger charge is -2.33. The van der Waals surface area contributed by atoms with Gasteiger partial charge in [-0.3, -0.25) is 9.10 Å². The van der Waals surface area contributed by atoms with Gasteiger partial charge in [0.25, 0.3) is 5.91 Å². The maximum Gasteiger partial charge on any atom is 0.250 e. The molecule has 25 heavy (non-hydrogen) atoms. The first-order chi connectivity index (χ1) is 11.8. The molecule has 6 heteroatoms. The summed E-state index contributed by atoms with van der Waals surface area (Å²) in [4.78, 5) is 14.9. The predicted octanol–water partition coefficient (Wildman–Crippen LogP) is 2.82. The van der Waals surface area contributed by atoms with Crippen LogP contribution in [0.2, 0.25) is 0 Å². The van der Waals surface area contributed by atoms with Crippen LogP contribution in [0.25, 0.3) is 0 Å². The van der Waals surface area contributed by atoms with Gasteiger partial charge in [0, 0.05) is 11.7 Å². The summed E-state index contributed by atoms with van der Waals surface area (Å²) >= 11 is 0. The average Bonchev–Trinajstić information content (AvgIpc) is 2.89. The van der Waals surface area contributed by atoms with Crippen LogP contribution < -0.4 is 9.21 Å². The Kier molecular flexibility index (Phi) is 4.56. The molecule has 0 N–H and O–H groups in total. The van der Waals surface area contributed by atoms with Crippen molar-refractivity contribution in [1.29, 1.82) is 0 Å². The minimum absolute atomic E-state index is 0.00420. The highest BCUT2D eigenvalue weighted by Crippen LogP contribution is 2.33.